The molecule has 0 unspecified atom stereocenters. The second-order valence-corrected chi connectivity index (χ2v) is 6.63. The standard InChI is InChI=1S/C16H21Cl2N3/c1-20-8-5-12(6-9-20)7-10-21-15(11-17)19-14-4-2-3-13(18)16(14)21/h2-4,12H,5-11H2,1H3. The molecule has 1 saturated heterocycles. The molecule has 0 radical (unpaired) electrons. The largest absolute Gasteiger partial charge is 0.326 e. The summed E-state index contributed by atoms with van der Waals surface area (Å²) in [5, 5.41) is 0.764. The molecule has 2 aromatic rings. The van der Waals surface area contributed by atoms with E-state index in [2.05, 4.69) is 21.5 Å². The van der Waals surface area contributed by atoms with Crippen LogP contribution >= 0.6 is 23.2 Å². The van der Waals surface area contributed by atoms with E-state index in [1.54, 1.807) is 0 Å². The topological polar surface area (TPSA) is 21.1 Å². The molecule has 1 fully saturated rings. The number of fused-ring (bicyclic) bond motifs is 1. The number of halogens is 2. The fourth-order valence-corrected chi connectivity index (χ4v) is 3.67. The molecular formula is C16H21Cl2N3. The first kappa shape index (κ1) is 15.1. The Hall–Kier alpha value is -0.770. The molecule has 0 spiro atoms. The zero-order valence-corrected chi connectivity index (χ0v) is 13.9. The first-order valence-electron chi connectivity index (χ1n) is 7.57. The van der Waals surface area contributed by atoms with Gasteiger partial charge in [0.1, 0.15) is 5.82 Å². The van der Waals surface area contributed by atoms with Gasteiger partial charge in [-0.25, -0.2) is 4.98 Å². The van der Waals surface area contributed by atoms with Crippen molar-refractivity contribution in [3.63, 3.8) is 0 Å². The number of rotatable bonds is 4. The normalized spacial score (nSPS) is 17.7. The van der Waals surface area contributed by atoms with Gasteiger partial charge in [-0.15, -0.1) is 11.6 Å². The van der Waals surface area contributed by atoms with E-state index in [0.717, 1.165) is 34.3 Å². The van der Waals surface area contributed by atoms with Crippen LogP contribution in [0, 0.1) is 5.92 Å². The minimum Gasteiger partial charge on any atom is -0.326 e. The lowest BCUT2D eigenvalue weighted by atomic mass is 9.94. The van der Waals surface area contributed by atoms with E-state index in [9.17, 15) is 0 Å². The maximum atomic E-state index is 6.36. The van der Waals surface area contributed by atoms with E-state index < -0.39 is 0 Å². The number of likely N-dealkylation sites (tertiary alicyclic amines) is 1. The van der Waals surface area contributed by atoms with Crippen molar-refractivity contribution >= 4 is 34.2 Å². The molecule has 0 bridgehead atoms. The third-order valence-electron chi connectivity index (χ3n) is 4.52. The Kier molecular flexibility index (Phi) is 4.72. The number of para-hydroxylation sites is 1. The van der Waals surface area contributed by atoms with E-state index in [4.69, 9.17) is 23.2 Å². The molecule has 0 amide bonds. The minimum absolute atomic E-state index is 0.429. The molecule has 1 aliphatic rings. The smallest absolute Gasteiger partial charge is 0.124 e. The maximum absolute atomic E-state index is 6.36. The Morgan fingerprint density at radius 3 is 2.76 bits per heavy atom. The van der Waals surface area contributed by atoms with Crippen LogP contribution in [0.3, 0.4) is 0 Å². The van der Waals surface area contributed by atoms with Crippen LogP contribution in [0.4, 0.5) is 0 Å². The van der Waals surface area contributed by atoms with Crippen LogP contribution in [0.15, 0.2) is 18.2 Å². The maximum Gasteiger partial charge on any atom is 0.124 e. The van der Waals surface area contributed by atoms with Crippen LogP contribution in [-0.2, 0) is 12.4 Å². The van der Waals surface area contributed by atoms with Crippen LogP contribution in [0.1, 0.15) is 25.1 Å². The van der Waals surface area contributed by atoms with Gasteiger partial charge in [-0.05, 0) is 57.5 Å². The summed E-state index contributed by atoms with van der Waals surface area (Å²) < 4.78 is 2.21. The Morgan fingerprint density at radius 2 is 2.05 bits per heavy atom. The average Bonchev–Trinajstić information content (AvgIpc) is 2.86. The van der Waals surface area contributed by atoms with Gasteiger partial charge in [-0.2, -0.15) is 0 Å². The molecule has 1 aromatic carbocycles. The van der Waals surface area contributed by atoms with Crippen LogP contribution < -0.4 is 0 Å². The van der Waals surface area contributed by atoms with Crippen molar-refractivity contribution in [1.82, 2.24) is 14.5 Å². The third-order valence-corrected chi connectivity index (χ3v) is 5.06. The van der Waals surface area contributed by atoms with E-state index in [-0.39, 0.29) is 0 Å². The monoisotopic (exact) mass is 325 g/mol. The summed E-state index contributed by atoms with van der Waals surface area (Å²) in [5.41, 5.74) is 1.98. The molecule has 3 rings (SSSR count). The lowest BCUT2D eigenvalue weighted by Gasteiger charge is -2.29. The van der Waals surface area contributed by atoms with Crippen LogP contribution in [0.2, 0.25) is 5.02 Å². The van der Waals surface area contributed by atoms with Gasteiger partial charge in [0, 0.05) is 6.54 Å². The average molecular weight is 326 g/mol. The number of benzene rings is 1. The van der Waals surface area contributed by atoms with Gasteiger partial charge < -0.3 is 9.47 Å². The number of aromatic nitrogens is 2. The molecule has 3 nitrogen and oxygen atoms in total. The van der Waals surface area contributed by atoms with Gasteiger partial charge in [0.15, 0.2) is 0 Å². The number of piperidine rings is 1. The molecule has 0 N–H and O–H groups in total. The zero-order valence-electron chi connectivity index (χ0n) is 12.4. The summed E-state index contributed by atoms with van der Waals surface area (Å²) in [6.07, 6.45) is 3.74. The highest BCUT2D eigenvalue weighted by molar-refractivity contribution is 6.35. The minimum atomic E-state index is 0.429. The SMILES string of the molecule is CN1CCC(CCn2c(CCl)nc3cccc(Cl)c32)CC1. The van der Waals surface area contributed by atoms with Crippen molar-refractivity contribution in [2.45, 2.75) is 31.7 Å². The summed E-state index contributed by atoms with van der Waals surface area (Å²) in [4.78, 5) is 7.01. The van der Waals surface area contributed by atoms with E-state index in [1.807, 2.05) is 18.2 Å². The molecule has 0 atom stereocenters. The van der Waals surface area contributed by atoms with Crippen LogP contribution in [-0.4, -0.2) is 34.6 Å². The molecule has 2 heterocycles. The van der Waals surface area contributed by atoms with Crippen molar-refractivity contribution in [3.05, 3.63) is 29.0 Å². The lowest BCUT2D eigenvalue weighted by Crippen LogP contribution is -2.30. The summed E-state index contributed by atoms with van der Waals surface area (Å²) in [7, 11) is 2.20. The first-order chi connectivity index (χ1) is 10.2. The molecule has 21 heavy (non-hydrogen) atoms. The highest BCUT2D eigenvalue weighted by Crippen LogP contribution is 2.27. The van der Waals surface area contributed by atoms with Crippen molar-refractivity contribution in [3.8, 4) is 0 Å². The van der Waals surface area contributed by atoms with Gasteiger partial charge in [-0.1, -0.05) is 17.7 Å². The number of hydrogen-bond acceptors (Lipinski definition) is 2. The number of imidazole rings is 1. The van der Waals surface area contributed by atoms with E-state index in [1.165, 1.54) is 32.4 Å². The molecule has 0 aliphatic carbocycles. The summed E-state index contributed by atoms with van der Waals surface area (Å²) >= 11 is 12.4. The molecule has 114 valence electrons. The van der Waals surface area contributed by atoms with Crippen molar-refractivity contribution in [2.75, 3.05) is 20.1 Å². The summed E-state index contributed by atoms with van der Waals surface area (Å²) in [6.45, 7) is 3.37. The molecule has 1 aliphatic heterocycles. The Labute approximate surface area is 135 Å². The quantitative estimate of drug-likeness (QED) is 0.787. The van der Waals surface area contributed by atoms with E-state index >= 15 is 0 Å². The van der Waals surface area contributed by atoms with Gasteiger partial charge in [-0.3, -0.25) is 0 Å². The summed E-state index contributed by atoms with van der Waals surface area (Å²) in [6, 6.07) is 5.87. The highest BCUT2D eigenvalue weighted by Gasteiger charge is 2.18. The second kappa shape index (κ2) is 6.55. The van der Waals surface area contributed by atoms with Gasteiger partial charge in [0.2, 0.25) is 0 Å². The van der Waals surface area contributed by atoms with Crippen molar-refractivity contribution in [2.24, 2.45) is 5.92 Å². The fourth-order valence-electron chi connectivity index (χ4n) is 3.20. The Balaban J connectivity index is 1.79. The molecule has 0 saturated carbocycles. The molecule has 1 aromatic heterocycles. The third kappa shape index (κ3) is 3.20. The number of aryl methyl sites for hydroxylation is 1. The fraction of sp³-hybridized carbons (Fsp3) is 0.562. The Morgan fingerprint density at radius 1 is 1.29 bits per heavy atom. The van der Waals surface area contributed by atoms with Crippen LogP contribution in [0.5, 0.6) is 0 Å². The van der Waals surface area contributed by atoms with Gasteiger partial charge in [0.25, 0.3) is 0 Å². The van der Waals surface area contributed by atoms with Crippen LogP contribution in [0.25, 0.3) is 11.0 Å². The molecule has 5 heteroatoms. The first-order valence-corrected chi connectivity index (χ1v) is 8.48. The molecular weight excluding hydrogens is 305 g/mol. The number of alkyl halides is 1. The highest BCUT2D eigenvalue weighted by atomic mass is 35.5. The van der Waals surface area contributed by atoms with Crippen molar-refractivity contribution < 1.29 is 0 Å². The zero-order chi connectivity index (χ0) is 14.8. The summed E-state index contributed by atoms with van der Waals surface area (Å²) in [5.74, 6) is 2.15. The number of nitrogens with zero attached hydrogens (tertiary/aromatic N) is 3. The predicted octanol–water partition coefficient (Wildman–Crippen LogP) is 4.16. The predicted molar refractivity (Wildman–Crippen MR) is 89.1 cm³/mol. The Bertz CT molecular complexity index is 615. The lowest BCUT2D eigenvalue weighted by molar-refractivity contribution is 0.208. The van der Waals surface area contributed by atoms with E-state index in [0.29, 0.717) is 5.88 Å². The van der Waals surface area contributed by atoms with Gasteiger partial charge in [0.05, 0.1) is 21.9 Å². The van der Waals surface area contributed by atoms with Gasteiger partial charge >= 0.3 is 0 Å². The number of hydrogen-bond donors (Lipinski definition) is 0. The van der Waals surface area contributed by atoms with Crippen molar-refractivity contribution in [1.29, 1.82) is 0 Å². The second-order valence-electron chi connectivity index (χ2n) is 5.96.